The number of rotatable bonds is 5. The number of hydrazone groups is 1. The van der Waals surface area contributed by atoms with Crippen molar-refractivity contribution in [2.75, 3.05) is 0 Å². The Morgan fingerprint density at radius 2 is 2.00 bits per heavy atom. The van der Waals surface area contributed by atoms with Gasteiger partial charge in [-0.1, -0.05) is 6.07 Å². The fourth-order valence-electron chi connectivity index (χ4n) is 2.72. The van der Waals surface area contributed by atoms with Crippen molar-refractivity contribution in [2.24, 2.45) is 5.10 Å². The molecule has 0 unspecified atom stereocenters. The molecule has 0 bridgehead atoms. The minimum Gasteiger partial charge on any atom is -0.478 e. The van der Waals surface area contributed by atoms with Crippen molar-refractivity contribution in [1.82, 2.24) is 9.99 Å². The third-order valence-electron chi connectivity index (χ3n) is 3.94. The van der Waals surface area contributed by atoms with E-state index in [0.29, 0.717) is 0 Å². The van der Waals surface area contributed by atoms with Gasteiger partial charge in [-0.2, -0.15) is 5.10 Å². The lowest BCUT2D eigenvalue weighted by molar-refractivity contribution is 0.0696. The molecule has 3 rings (SSSR count). The summed E-state index contributed by atoms with van der Waals surface area (Å²) in [5.74, 6) is -1.23. The van der Waals surface area contributed by atoms with Gasteiger partial charge >= 0.3 is 11.9 Å². The third-order valence-corrected chi connectivity index (χ3v) is 3.94. The summed E-state index contributed by atoms with van der Waals surface area (Å²) in [6.45, 7) is 3.81. The first-order valence-electron chi connectivity index (χ1n) is 7.87. The van der Waals surface area contributed by atoms with Crippen LogP contribution in [-0.4, -0.2) is 27.8 Å². The highest BCUT2D eigenvalue weighted by Crippen LogP contribution is 2.20. The van der Waals surface area contributed by atoms with Crippen molar-refractivity contribution in [3.63, 3.8) is 0 Å². The van der Waals surface area contributed by atoms with Crippen LogP contribution >= 0.6 is 0 Å². The van der Waals surface area contributed by atoms with Gasteiger partial charge in [0.05, 0.1) is 18.0 Å². The van der Waals surface area contributed by atoms with Crippen molar-refractivity contribution in [1.29, 1.82) is 0 Å². The maximum absolute atomic E-state index is 11.8. The molecule has 0 aliphatic heterocycles. The van der Waals surface area contributed by atoms with Crippen LogP contribution in [0.5, 0.6) is 0 Å². The SMILES string of the molecule is Cc1cc(/C=N\NC(=O)c2ccco2)c(C)n1-c1cccc(C(=O)O)c1. The number of nitrogens with one attached hydrogen (secondary N) is 1. The zero-order chi connectivity index (χ0) is 18.7. The number of hydrogen-bond acceptors (Lipinski definition) is 4. The average molecular weight is 351 g/mol. The van der Waals surface area contributed by atoms with Gasteiger partial charge < -0.3 is 14.1 Å². The van der Waals surface area contributed by atoms with Crippen molar-refractivity contribution in [2.45, 2.75) is 13.8 Å². The standard InChI is InChI=1S/C19H17N3O4/c1-12-9-15(11-20-21-18(23)17-7-4-8-26-17)13(2)22(12)16-6-3-5-14(10-16)19(24)25/h3-11H,1-2H3,(H,21,23)(H,24,25)/b20-11-. The molecule has 2 heterocycles. The van der Waals surface area contributed by atoms with E-state index in [9.17, 15) is 9.59 Å². The van der Waals surface area contributed by atoms with Crippen molar-refractivity contribution < 1.29 is 19.1 Å². The van der Waals surface area contributed by atoms with E-state index >= 15 is 0 Å². The van der Waals surface area contributed by atoms with E-state index in [4.69, 9.17) is 9.52 Å². The van der Waals surface area contributed by atoms with E-state index in [-0.39, 0.29) is 11.3 Å². The van der Waals surface area contributed by atoms with Gasteiger partial charge in [0.1, 0.15) is 0 Å². The van der Waals surface area contributed by atoms with Gasteiger partial charge in [-0.05, 0) is 50.2 Å². The molecule has 2 N–H and O–H groups in total. The van der Waals surface area contributed by atoms with Gasteiger partial charge in [-0.25, -0.2) is 10.2 Å². The number of carboxylic acids is 1. The molecule has 1 aromatic carbocycles. The molecular formula is C19H17N3O4. The summed E-state index contributed by atoms with van der Waals surface area (Å²) in [5.41, 5.74) is 5.98. The van der Waals surface area contributed by atoms with Crippen molar-refractivity contribution >= 4 is 18.1 Å². The number of carboxylic acid groups (broad SMARTS) is 1. The molecule has 0 fully saturated rings. The second-order valence-corrected chi connectivity index (χ2v) is 5.69. The Hall–Kier alpha value is -3.61. The summed E-state index contributed by atoms with van der Waals surface area (Å²) in [6, 6.07) is 11.8. The molecule has 0 radical (unpaired) electrons. The summed E-state index contributed by atoms with van der Waals surface area (Å²) in [4.78, 5) is 23.0. The first-order chi connectivity index (χ1) is 12.5. The number of hydrogen-bond donors (Lipinski definition) is 2. The van der Waals surface area contributed by atoms with E-state index in [1.165, 1.54) is 6.26 Å². The number of carbonyl (C=O) groups excluding carboxylic acids is 1. The van der Waals surface area contributed by atoms with Crippen molar-refractivity contribution in [3.05, 3.63) is 77.0 Å². The summed E-state index contributed by atoms with van der Waals surface area (Å²) in [6.07, 6.45) is 2.96. The number of aryl methyl sites for hydroxylation is 1. The van der Waals surface area contributed by atoms with Crippen LogP contribution in [-0.2, 0) is 0 Å². The van der Waals surface area contributed by atoms with Gasteiger partial charge in [0.2, 0.25) is 0 Å². The second-order valence-electron chi connectivity index (χ2n) is 5.69. The summed E-state index contributed by atoms with van der Waals surface area (Å²) < 4.78 is 6.93. The molecule has 2 aromatic heterocycles. The normalized spacial score (nSPS) is 11.0. The van der Waals surface area contributed by atoms with Crippen molar-refractivity contribution in [3.8, 4) is 5.69 Å². The first kappa shape index (κ1) is 17.2. The van der Waals surface area contributed by atoms with Gasteiger partial charge in [0.25, 0.3) is 0 Å². The maximum Gasteiger partial charge on any atom is 0.335 e. The molecule has 1 amide bonds. The molecule has 3 aromatic rings. The molecule has 0 saturated heterocycles. The Morgan fingerprint density at radius 3 is 2.69 bits per heavy atom. The molecule has 132 valence electrons. The summed E-state index contributed by atoms with van der Waals surface area (Å²) in [7, 11) is 0. The number of furan rings is 1. The quantitative estimate of drug-likeness (QED) is 0.545. The van der Waals surface area contributed by atoms with E-state index in [1.54, 1.807) is 36.5 Å². The fourth-order valence-corrected chi connectivity index (χ4v) is 2.72. The lowest BCUT2D eigenvalue weighted by atomic mass is 10.2. The van der Waals surface area contributed by atoms with E-state index in [1.807, 2.05) is 30.5 Å². The highest BCUT2D eigenvalue weighted by atomic mass is 16.4. The minimum atomic E-state index is -0.975. The molecule has 7 nitrogen and oxygen atoms in total. The highest BCUT2D eigenvalue weighted by molar-refractivity contribution is 5.92. The number of amides is 1. The molecule has 0 spiro atoms. The van der Waals surface area contributed by atoms with Crippen LogP contribution < -0.4 is 5.43 Å². The molecule has 26 heavy (non-hydrogen) atoms. The second kappa shape index (κ2) is 7.10. The summed E-state index contributed by atoms with van der Waals surface area (Å²) in [5, 5.41) is 13.1. The molecular weight excluding hydrogens is 334 g/mol. The molecule has 0 aliphatic rings. The number of carbonyl (C=O) groups is 2. The monoisotopic (exact) mass is 351 g/mol. The number of aromatic carboxylic acids is 1. The van der Waals surface area contributed by atoms with Gasteiger partial charge in [0.15, 0.2) is 5.76 Å². The van der Waals surface area contributed by atoms with Crippen LogP contribution in [0.25, 0.3) is 5.69 Å². The fraction of sp³-hybridized carbons (Fsp3) is 0.105. The number of aromatic nitrogens is 1. The zero-order valence-electron chi connectivity index (χ0n) is 14.3. The molecule has 0 atom stereocenters. The van der Waals surface area contributed by atoms with Crippen LogP contribution in [0.4, 0.5) is 0 Å². The number of nitrogens with zero attached hydrogens (tertiary/aromatic N) is 2. The lowest BCUT2D eigenvalue weighted by Crippen LogP contribution is -2.16. The molecule has 0 saturated carbocycles. The predicted octanol–water partition coefficient (Wildman–Crippen LogP) is 3.15. The predicted molar refractivity (Wildman–Crippen MR) is 96.0 cm³/mol. The van der Waals surface area contributed by atoms with Gasteiger partial charge in [-0.15, -0.1) is 0 Å². The Balaban J connectivity index is 1.84. The van der Waals surface area contributed by atoms with E-state index < -0.39 is 11.9 Å². The Morgan fingerprint density at radius 1 is 1.19 bits per heavy atom. The third kappa shape index (κ3) is 3.41. The van der Waals surface area contributed by atoms with Crippen LogP contribution in [0.15, 0.2) is 58.2 Å². The smallest absolute Gasteiger partial charge is 0.335 e. The van der Waals surface area contributed by atoms with Crippen LogP contribution in [0.2, 0.25) is 0 Å². The first-order valence-corrected chi connectivity index (χ1v) is 7.87. The molecule has 0 aliphatic carbocycles. The minimum absolute atomic E-state index is 0.179. The number of benzene rings is 1. The van der Waals surface area contributed by atoms with Crippen LogP contribution in [0, 0.1) is 13.8 Å². The Labute approximate surface area is 149 Å². The average Bonchev–Trinajstić information content (AvgIpc) is 3.24. The largest absolute Gasteiger partial charge is 0.478 e. The van der Waals surface area contributed by atoms with Crippen LogP contribution in [0.3, 0.4) is 0 Å². The zero-order valence-corrected chi connectivity index (χ0v) is 14.3. The van der Waals surface area contributed by atoms with Gasteiger partial charge in [-0.3, -0.25) is 4.79 Å². The van der Waals surface area contributed by atoms with Gasteiger partial charge in [0, 0.05) is 22.6 Å². The van der Waals surface area contributed by atoms with E-state index in [0.717, 1.165) is 22.6 Å². The van der Waals surface area contributed by atoms with E-state index in [2.05, 4.69) is 10.5 Å². The Bertz CT molecular complexity index is 984. The summed E-state index contributed by atoms with van der Waals surface area (Å²) >= 11 is 0. The maximum atomic E-state index is 11.8. The lowest BCUT2D eigenvalue weighted by Gasteiger charge is -2.10. The van der Waals surface area contributed by atoms with Crippen LogP contribution in [0.1, 0.15) is 37.9 Å². The Kier molecular flexibility index (Phi) is 4.70. The topological polar surface area (TPSA) is 96.8 Å². The molecule has 7 heteroatoms. The highest BCUT2D eigenvalue weighted by Gasteiger charge is 2.12.